The fourth-order valence-electron chi connectivity index (χ4n) is 3.53. The number of carbonyl (C=O) groups excluding carboxylic acids is 1. The quantitative estimate of drug-likeness (QED) is 0.444. The maximum atomic E-state index is 12.5. The van der Waals surface area contributed by atoms with Gasteiger partial charge in [-0.05, 0) is 60.5 Å². The molecular formula is C25H20ClN3O4. The Kier molecular flexibility index (Phi) is 5.95. The van der Waals surface area contributed by atoms with Gasteiger partial charge in [0.15, 0.2) is 11.5 Å². The van der Waals surface area contributed by atoms with Crippen LogP contribution in [0, 0.1) is 0 Å². The molecule has 0 saturated heterocycles. The van der Waals surface area contributed by atoms with Crippen molar-refractivity contribution < 1.29 is 18.7 Å². The molecule has 0 atom stereocenters. The van der Waals surface area contributed by atoms with Crippen LogP contribution in [0.3, 0.4) is 0 Å². The van der Waals surface area contributed by atoms with E-state index in [4.69, 9.17) is 25.5 Å². The van der Waals surface area contributed by atoms with E-state index in [0.29, 0.717) is 60.0 Å². The van der Waals surface area contributed by atoms with E-state index in [1.165, 1.54) is 0 Å². The zero-order valence-electron chi connectivity index (χ0n) is 17.6. The van der Waals surface area contributed by atoms with E-state index < -0.39 is 0 Å². The Morgan fingerprint density at radius 2 is 1.61 bits per heavy atom. The largest absolute Gasteiger partial charge is 0.486 e. The van der Waals surface area contributed by atoms with E-state index >= 15 is 0 Å². The molecule has 7 nitrogen and oxygen atoms in total. The molecule has 0 saturated carbocycles. The lowest BCUT2D eigenvalue weighted by Crippen LogP contribution is -2.25. The second kappa shape index (κ2) is 9.34. The predicted molar refractivity (Wildman–Crippen MR) is 124 cm³/mol. The molecule has 1 aliphatic rings. The molecule has 0 spiro atoms. The summed E-state index contributed by atoms with van der Waals surface area (Å²) in [6, 6.07) is 20.3. The molecule has 2 heterocycles. The van der Waals surface area contributed by atoms with Gasteiger partial charge in [-0.2, -0.15) is 0 Å². The number of hydrogen-bond donors (Lipinski definition) is 1. The third-order valence-electron chi connectivity index (χ3n) is 5.20. The van der Waals surface area contributed by atoms with Crippen molar-refractivity contribution in [3.05, 3.63) is 82.9 Å². The highest BCUT2D eigenvalue weighted by atomic mass is 35.5. The zero-order valence-corrected chi connectivity index (χ0v) is 18.3. The molecule has 33 heavy (non-hydrogen) atoms. The third-order valence-corrected chi connectivity index (χ3v) is 5.48. The molecule has 0 bridgehead atoms. The first-order valence-electron chi connectivity index (χ1n) is 10.5. The number of carbonyl (C=O) groups is 1. The Balaban J connectivity index is 1.19. The van der Waals surface area contributed by atoms with Crippen molar-refractivity contribution in [1.82, 2.24) is 15.5 Å². The number of nitrogens with one attached hydrogen (secondary N) is 1. The van der Waals surface area contributed by atoms with Gasteiger partial charge in [0.05, 0.1) is 5.02 Å². The Bertz CT molecular complexity index is 1270. The molecule has 3 aromatic carbocycles. The molecule has 1 N–H and O–H groups in total. The molecular weight excluding hydrogens is 442 g/mol. The van der Waals surface area contributed by atoms with E-state index in [-0.39, 0.29) is 5.91 Å². The molecule has 1 amide bonds. The molecule has 8 heteroatoms. The monoisotopic (exact) mass is 461 g/mol. The van der Waals surface area contributed by atoms with Gasteiger partial charge in [0.2, 0.25) is 11.8 Å². The maximum Gasteiger partial charge on any atom is 0.251 e. The first-order chi connectivity index (χ1) is 16.2. The van der Waals surface area contributed by atoms with Gasteiger partial charge >= 0.3 is 0 Å². The second-order valence-electron chi connectivity index (χ2n) is 7.46. The number of fused-ring (bicyclic) bond motifs is 1. The SMILES string of the molecule is O=C(NCCc1cc(Cl)c2c(c1)OCCO2)c1ccc(-c2nnc(-c3ccccc3)o2)cc1. The van der Waals surface area contributed by atoms with E-state index in [2.05, 4.69) is 15.5 Å². The molecule has 166 valence electrons. The summed E-state index contributed by atoms with van der Waals surface area (Å²) in [7, 11) is 0. The Morgan fingerprint density at radius 3 is 2.36 bits per heavy atom. The number of nitrogens with zero attached hydrogens (tertiary/aromatic N) is 2. The van der Waals surface area contributed by atoms with Crippen molar-refractivity contribution in [2.45, 2.75) is 6.42 Å². The number of benzene rings is 3. The summed E-state index contributed by atoms with van der Waals surface area (Å²) in [6.45, 7) is 1.44. The molecule has 0 radical (unpaired) electrons. The summed E-state index contributed by atoms with van der Waals surface area (Å²) < 4.78 is 16.9. The predicted octanol–water partition coefficient (Wildman–Crippen LogP) is 4.80. The van der Waals surface area contributed by atoms with Crippen LogP contribution in [-0.2, 0) is 6.42 Å². The van der Waals surface area contributed by atoms with Crippen LogP contribution in [-0.4, -0.2) is 35.9 Å². The van der Waals surface area contributed by atoms with Gasteiger partial charge in [-0.25, -0.2) is 0 Å². The van der Waals surface area contributed by atoms with Crippen molar-refractivity contribution in [2.24, 2.45) is 0 Å². The highest BCUT2D eigenvalue weighted by molar-refractivity contribution is 6.32. The van der Waals surface area contributed by atoms with E-state index in [1.807, 2.05) is 42.5 Å². The van der Waals surface area contributed by atoms with Crippen LogP contribution in [0.15, 0.2) is 71.1 Å². The van der Waals surface area contributed by atoms with Crippen LogP contribution in [0.2, 0.25) is 5.02 Å². The van der Waals surface area contributed by atoms with Crippen LogP contribution < -0.4 is 14.8 Å². The first kappa shape index (κ1) is 21.0. The van der Waals surface area contributed by atoms with Gasteiger partial charge in [-0.15, -0.1) is 10.2 Å². The normalized spacial score (nSPS) is 12.4. The minimum Gasteiger partial charge on any atom is -0.486 e. The molecule has 0 unspecified atom stereocenters. The van der Waals surface area contributed by atoms with Crippen molar-refractivity contribution >= 4 is 17.5 Å². The second-order valence-corrected chi connectivity index (χ2v) is 7.87. The van der Waals surface area contributed by atoms with Gasteiger partial charge in [0.1, 0.15) is 13.2 Å². The van der Waals surface area contributed by atoms with Gasteiger partial charge < -0.3 is 19.2 Å². The molecule has 1 aromatic heterocycles. The fourth-order valence-corrected chi connectivity index (χ4v) is 3.82. The van der Waals surface area contributed by atoms with Crippen LogP contribution in [0.1, 0.15) is 15.9 Å². The summed E-state index contributed by atoms with van der Waals surface area (Å²) in [6.07, 6.45) is 0.616. The Hall–Kier alpha value is -3.84. The molecule has 0 aliphatic carbocycles. The molecule has 0 fully saturated rings. The smallest absolute Gasteiger partial charge is 0.251 e. The van der Waals surface area contributed by atoms with Crippen molar-refractivity contribution in [1.29, 1.82) is 0 Å². The van der Waals surface area contributed by atoms with Crippen LogP contribution in [0.25, 0.3) is 22.9 Å². The van der Waals surface area contributed by atoms with Crippen molar-refractivity contribution in [2.75, 3.05) is 19.8 Å². The first-order valence-corrected chi connectivity index (χ1v) is 10.9. The molecule has 1 aliphatic heterocycles. The highest BCUT2D eigenvalue weighted by Gasteiger charge is 2.17. The third kappa shape index (κ3) is 4.68. The van der Waals surface area contributed by atoms with E-state index in [9.17, 15) is 4.79 Å². The lowest BCUT2D eigenvalue weighted by molar-refractivity contribution is 0.0954. The number of amides is 1. The average molecular weight is 462 g/mol. The van der Waals surface area contributed by atoms with Crippen LogP contribution >= 0.6 is 11.6 Å². The molecule has 4 aromatic rings. The van der Waals surface area contributed by atoms with Gasteiger partial charge in [0.25, 0.3) is 5.91 Å². The van der Waals surface area contributed by atoms with Crippen molar-refractivity contribution in [3.8, 4) is 34.4 Å². The average Bonchev–Trinajstić information content (AvgIpc) is 3.35. The topological polar surface area (TPSA) is 86.5 Å². The summed E-state index contributed by atoms with van der Waals surface area (Å²) in [5.74, 6) is 1.90. The number of rotatable bonds is 6. The summed E-state index contributed by atoms with van der Waals surface area (Å²) in [4.78, 5) is 12.5. The van der Waals surface area contributed by atoms with E-state index in [0.717, 1.165) is 16.7 Å². The Morgan fingerprint density at radius 1 is 0.909 bits per heavy atom. The summed E-state index contributed by atoms with van der Waals surface area (Å²) in [5.41, 5.74) is 3.10. The lowest BCUT2D eigenvalue weighted by atomic mass is 10.1. The van der Waals surface area contributed by atoms with Gasteiger partial charge in [-0.1, -0.05) is 29.8 Å². The number of aromatic nitrogens is 2. The van der Waals surface area contributed by atoms with Crippen LogP contribution in [0.5, 0.6) is 11.5 Å². The van der Waals surface area contributed by atoms with E-state index in [1.54, 1.807) is 24.3 Å². The fraction of sp³-hybridized carbons (Fsp3) is 0.160. The minimum atomic E-state index is -0.166. The zero-order chi connectivity index (χ0) is 22.6. The minimum absolute atomic E-state index is 0.166. The lowest BCUT2D eigenvalue weighted by Gasteiger charge is -2.20. The standard InChI is InChI=1S/C25H20ClN3O4/c26-20-14-16(15-21-22(20)32-13-12-31-21)10-11-27-23(30)17-6-8-19(9-7-17)25-29-28-24(33-25)18-4-2-1-3-5-18/h1-9,14-15H,10-13H2,(H,27,30). The number of halogens is 1. The summed E-state index contributed by atoms with van der Waals surface area (Å²) in [5, 5.41) is 11.7. The highest BCUT2D eigenvalue weighted by Crippen LogP contribution is 2.38. The maximum absolute atomic E-state index is 12.5. The summed E-state index contributed by atoms with van der Waals surface area (Å²) >= 11 is 6.28. The van der Waals surface area contributed by atoms with Crippen molar-refractivity contribution in [3.63, 3.8) is 0 Å². The van der Waals surface area contributed by atoms with Gasteiger partial charge in [0, 0.05) is 23.2 Å². The van der Waals surface area contributed by atoms with Gasteiger partial charge in [-0.3, -0.25) is 4.79 Å². The number of hydrogen-bond acceptors (Lipinski definition) is 6. The Labute approximate surface area is 195 Å². The van der Waals surface area contributed by atoms with Crippen LogP contribution in [0.4, 0.5) is 0 Å². The number of ether oxygens (including phenoxy) is 2. The molecule has 5 rings (SSSR count).